The second kappa shape index (κ2) is 9.54. The van der Waals surface area contributed by atoms with Gasteiger partial charge in [-0.25, -0.2) is 9.97 Å². The Balaban J connectivity index is 1.12. The molecule has 2 aromatic heterocycles. The molecule has 32 heavy (non-hydrogen) atoms. The number of benzene rings is 1. The molecule has 4 heterocycles. The zero-order valence-electron chi connectivity index (χ0n) is 18.3. The van der Waals surface area contributed by atoms with Crippen LogP contribution in [0.15, 0.2) is 47.2 Å². The first-order chi connectivity index (χ1) is 15.8. The number of nitrogens with zero attached hydrogens (tertiary/aromatic N) is 6. The van der Waals surface area contributed by atoms with E-state index in [1.807, 2.05) is 30.3 Å². The Labute approximate surface area is 187 Å². The fraction of sp³-hybridized carbons (Fsp3) is 0.435. The number of anilines is 1. The molecule has 0 radical (unpaired) electrons. The molecule has 0 aliphatic carbocycles. The van der Waals surface area contributed by atoms with Gasteiger partial charge in [0, 0.05) is 63.3 Å². The van der Waals surface area contributed by atoms with Crippen LogP contribution in [-0.4, -0.2) is 77.5 Å². The fourth-order valence-electron chi connectivity index (χ4n) is 4.06. The fourth-order valence-corrected chi connectivity index (χ4v) is 4.06. The Morgan fingerprint density at radius 3 is 2.62 bits per heavy atom. The molecule has 2 aliphatic heterocycles. The SMILES string of the molecule is CCN(CCN1CCN(c2ncccn2)CC1)Cc1cc(-c2ccc3c(c2)OCO3)no1. The predicted molar refractivity (Wildman–Crippen MR) is 120 cm³/mol. The van der Waals surface area contributed by atoms with E-state index in [2.05, 4.69) is 36.7 Å². The third kappa shape index (κ3) is 4.68. The maximum absolute atomic E-state index is 5.63. The maximum atomic E-state index is 5.63. The predicted octanol–water partition coefficient (Wildman–Crippen LogP) is 2.50. The number of likely N-dealkylation sites (N-methyl/N-ethyl adjacent to an activating group) is 1. The van der Waals surface area contributed by atoms with Crippen LogP contribution in [0.25, 0.3) is 11.3 Å². The molecule has 0 unspecified atom stereocenters. The molecular weight excluding hydrogens is 408 g/mol. The van der Waals surface area contributed by atoms with Gasteiger partial charge in [-0.2, -0.15) is 0 Å². The molecule has 0 saturated carbocycles. The highest BCUT2D eigenvalue weighted by molar-refractivity contribution is 5.64. The van der Waals surface area contributed by atoms with E-state index in [9.17, 15) is 0 Å². The molecule has 9 heteroatoms. The second-order valence-electron chi connectivity index (χ2n) is 7.99. The van der Waals surface area contributed by atoms with Crippen molar-refractivity contribution in [2.24, 2.45) is 0 Å². The van der Waals surface area contributed by atoms with Crippen molar-refractivity contribution in [3.8, 4) is 22.8 Å². The Hall–Kier alpha value is -3.17. The summed E-state index contributed by atoms with van der Waals surface area (Å²) in [5.41, 5.74) is 1.78. The molecule has 168 valence electrons. The summed E-state index contributed by atoms with van der Waals surface area (Å²) in [6.07, 6.45) is 3.60. The first-order valence-corrected chi connectivity index (χ1v) is 11.1. The summed E-state index contributed by atoms with van der Waals surface area (Å²) >= 11 is 0. The second-order valence-corrected chi connectivity index (χ2v) is 7.99. The summed E-state index contributed by atoms with van der Waals surface area (Å²) in [5.74, 6) is 3.21. The molecule has 0 bridgehead atoms. The lowest BCUT2D eigenvalue weighted by Crippen LogP contribution is -2.48. The van der Waals surface area contributed by atoms with Gasteiger partial charge >= 0.3 is 0 Å². The third-order valence-electron chi connectivity index (χ3n) is 5.99. The number of ether oxygens (including phenoxy) is 2. The summed E-state index contributed by atoms with van der Waals surface area (Å²) in [5, 5.41) is 4.26. The van der Waals surface area contributed by atoms with E-state index in [1.54, 1.807) is 12.4 Å². The van der Waals surface area contributed by atoms with Gasteiger partial charge in [0.2, 0.25) is 12.7 Å². The van der Waals surface area contributed by atoms with Crippen molar-refractivity contribution in [3.63, 3.8) is 0 Å². The number of hydrogen-bond acceptors (Lipinski definition) is 9. The minimum atomic E-state index is 0.267. The Bertz CT molecular complexity index is 1020. The topological polar surface area (TPSA) is 80.0 Å². The first kappa shape index (κ1) is 20.7. The highest BCUT2D eigenvalue weighted by atomic mass is 16.7. The van der Waals surface area contributed by atoms with Crippen molar-refractivity contribution < 1.29 is 14.0 Å². The number of rotatable bonds is 8. The van der Waals surface area contributed by atoms with Crippen molar-refractivity contribution in [2.75, 3.05) is 57.5 Å². The van der Waals surface area contributed by atoms with Crippen molar-refractivity contribution in [2.45, 2.75) is 13.5 Å². The van der Waals surface area contributed by atoms with Gasteiger partial charge in [0.15, 0.2) is 17.3 Å². The molecule has 0 spiro atoms. The lowest BCUT2D eigenvalue weighted by Gasteiger charge is -2.35. The average molecular weight is 437 g/mol. The van der Waals surface area contributed by atoms with Crippen molar-refractivity contribution >= 4 is 5.95 Å². The van der Waals surface area contributed by atoms with Gasteiger partial charge in [0.1, 0.15) is 5.69 Å². The Morgan fingerprint density at radius 2 is 1.81 bits per heavy atom. The van der Waals surface area contributed by atoms with Crippen LogP contribution in [0.3, 0.4) is 0 Å². The minimum absolute atomic E-state index is 0.267. The lowest BCUT2D eigenvalue weighted by atomic mass is 10.1. The van der Waals surface area contributed by atoms with Crippen LogP contribution in [0.5, 0.6) is 11.5 Å². The highest BCUT2D eigenvalue weighted by Gasteiger charge is 2.20. The van der Waals surface area contributed by atoms with Gasteiger partial charge in [-0.1, -0.05) is 12.1 Å². The Kier molecular flexibility index (Phi) is 6.17. The molecule has 1 saturated heterocycles. The summed E-state index contributed by atoms with van der Waals surface area (Å²) in [6.45, 7) is 10.1. The van der Waals surface area contributed by atoms with E-state index in [1.165, 1.54) is 0 Å². The van der Waals surface area contributed by atoms with Gasteiger partial charge in [0.25, 0.3) is 0 Å². The Morgan fingerprint density at radius 1 is 1.00 bits per heavy atom. The number of hydrogen-bond donors (Lipinski definition) is 0. The van der Waals surface area contributed by atoms with Crippen LogP contribution in [0.1, 0.15) is 12.7 Å². The van der Waals surface area contributed by atoms with E-state index in [-0.39, 0.29) is 6.79 Å². The summed E-state index contributed by atoms with van der Waals surface area (Å²) < 4.78 is 16.5. The first-order valence-electron chi connectivity index (χ1n) is 11.1. The third-order valence-corrected chi connectivity index (χ3v) is 5.99. The van der Waals surface area contributed by atoms with E-state index >= 15 is 0 Å². The van der Waals surface area contributed by atoms with Crippen LogP contribution >= 0.6 is 0 Å². The van der Waals surface area contributed by atoms with Crippen molar-refractivity contribution in [1.82, 2.24) is 24.9 Å². The molecule has 9 nitrogen and oxygen atoms in total. The minimum Gasteiger partial charge on any atom is -0.454 e. The average Bonchev–Trinajstić information content (AvgIpc) is 3.51. The van der Waals surface area contributed by atoms with Gasteiger partial charge in [0.05, 0.1) is 6.54 Å². The lowest BCUT2D eigenvalue weighted by molar-refractivity contribution is 0.174. The van der Waals surface area contributed by atoms with E-state index in [4.69, 9.17) is 14.0 Å². The van der Waals surface area contributed by atoms with Crippen molar-refractivity contribution in [3.05, 3.63) is 48.5 Å². The molecule has 1 fully saturated rings. The number of aromatic nitrogens is 3. The molecule has 0 amide bonds. The van der Waals surface area contributed by atoms with Crippen LogP contribution in [0.2, 0.25) is 0 Å². The molecule has 5 rings (SSSR count). The quantitative estimate of drug-likeness (QED) is 0.529. The van der Waals surface area contributed by atoms with Gasteiger partial charge in [-0.15, -0.1) is 0 Å². The molecule has 0 N–H and O–H groups in total. The van der Waals surface area contributed by atoms with Crippen LogP contribution < -0.4 is 14.4 Å². The number of piperazine rings is 1. The van der Waals surface area contributed by atoms with Gasteiger partial charge < -0.3 is 18.9 Å². The molecular formula is C23H28N6O3. The number of fused-ring (bicyclic) bond motifs is 1. The zero-order valence-corrected chi connectivity index (χ0v) is 18.3. The normalized spacial score (nSPS) is 16.1. The standard InChI is InChI=1S/C23H28N6O3/c1-2-27(8-9-28-10-12-29(13-11-28)23-24-6-3-7-25-23)16-19-15-20(26-32-19)18-4-5-21-22(14-18)31-17-30-21/h3-7,14-15H,2,8-13,16-17H2,1H3. The van der Waals surface area contributed by atoms with Crippen LogP contribution in [-0.2, 0) is 6.54 Å². The highest BCUT2D eigenvalue weighted by Crippen LogP contribution is 2.35. The van der Waals surface area contributed by atoms with Crippen LogP contribution in [0.4, 0.5) is 5.95 Å². The maximum Gasteiger partial charge on any atom is 0.231 e. The van der Waals surface area contributed by atoms with E-state index in [0.717, 1.165) is 86.8 Å². The van der Waals surface area contributed by atoms with Gasteiger partial charge in [-0.05, 0) is 30.8 Å². The molecule has 2 aliphatic rings. The summed E-state index contributed by atoms with van der Waals surface area (Å²) in [4.78, 5) is 15.9. The molecule has 1 aromatic carbocycles. The summed E-state index contributed by atoms with van der Waals surface area (Å²) in [6, 6.07) is 9.70. The van der Waals surface area contributed by atoms with E-state index < -0.39 is 0 Å². The zero-order chi connectivity index (χ0) is 21.8. The van der Waals surface area contributed by atoms with Crippen molar-refractivity contribution in [1.29, 1.82) is 0 Å². The smallest absolute Gasteiger partial charge is 0.231 e. The van der Waals surface area contributed by atoms with Crippen LogP contribution in [0, 0.1) is 0 Å². The van der Waals surface area contributed by atoms with E-state index in [0.29, 0.717) is 0 Å². The molecule has 3 aromatic rings. The summed E-state index contributed by atoms with van der Waals surface area (Å²) in [7, 11) is 0. The molecule has 0 atom stereocenters. The largest absolute Gasteiger partial charge is 0.454 e. The monoisotopic (exact) mass is 436 g/mol. The van der Waals surface area contributed by atoms with Gasteiger partial charge in [-0.3, -0.25) is 9.80 Å².